The first kappa shape index (κ1) is 15.8. The lowest BCUT2D eigenvalue weighted by molar-refractivity contribution is -0.122. The van der Waals surface area contributed by atoms with Gasteiger partial charge in [0.1, 0.15) is 5.75 Å². The molecule has 21 heavy (non-hydrogen) atoms. The number of hydrogen-bond donors (Lipinski definition) is 2. The lowest BCUT2D eigenvalue weighted by atomic mass is 9.95. The monoisotopic (exact) mass is 290 g/mol. The van der Waals surface area contributed by atoms with Crippen LogP contribution in [0.25, 0.3) is 0 Å². The van der Waals surface area contributed by atoms with Crippen molar-refractivity contribution >= 4 is 5.91 Å². The van der Waals surface area contributed by atoms with E-state index in [0.717, 1.165) is 25.1 Å². The highest BCUT2D eigenvalue weighted by atomic mass is 16.5. The highest BCUT2D eigenvalue weighted by molar-refractivity contribution is 5.76. The van der Waals surface area contributed by atoms with Crippen LogP contribution in [0.4, 0.5) is 0 Å². The van der Waals surface area contributed by atoms with Crippen molar-refractivity contribution < 1.29 is 9.53 Å². The molecule has 0 unspecified atom stereocenters. The van der Waals surface area contributed by atoms with E-state index in [2.05, 4.69) is 16.7 Å². The second kappa shape index (κ2) is 8.67. The van der Waals surface area contributed by atoms with E-state index in [0.29, 0.717) is 19.1 Å². The van der Waals surface area contributed by atoms with Crippen LogP contribution in [0.2, 0.25) is 0 Å². The van der Waals surface area contributed by atoms with E-state index in [1.807, 2.05) is 25.2 Å². The fourth-order valence-electron chi connectivity index (χ4n) is 2.76. The predicted molar refractivity (Wildman–Crippen MR) is 84.3 cm³/mol. The van der Waals surface area contributed by atoms with Gasteiger partial charge < -0.3 is 15.4 Å². The molecular formula is C17H26N2O2. The fraction of sp³-hybridized carbons (Fsp3) is 0.588. The molecular weight excluding hydrogens is 264 g/mol. The maximum Gasteiger partial charge on any atom is 0.223 e. The van der Waals surface area contributed by atoms with Gasteiger partial charge in [-0.25, -0.2) is 0 Å². The quantitative estimate of drug-likeness (QED) is 0.811. The molecule has 4 nitrogen and oxygen atoms in total. The highest BCUT2D eigenvalue weighted by Gasteiger charge is 2.15. The van der Waals surface area contributed by atoms with E-state index in [4.69, 9.17) is 4.74 Å². The van der Waals surface area contributed by atoms with Gasteiger partial charge >= 0.3 is 0 Å². The molecule has 0 saturated heterocycles. The molecule has 1 aromatic rings. The molecule has 0 aromatic heterocycles. The first-order chi connectivity index (χ1) is 10.3. The molecule has 116 valence electrons. The molecule has 1 fully saturated rings. The van der Waals surface area contributed by atoms with Crippen LogP contribution in [0.5, 0.6) is 5.75 Å². The van der Waals surface area contributed by atoms with Crippen LogP contribution in [0.15, 0.2) is 24.3 Å². The summed E-state index contributed by atoms with van der Waals surface area (Å²) >= 11 is 0. The molecule has 2 rings (SSSR count). The van der Waals surface area contributed by atoms with Gasteiger partial charge in [0.05, 0.1) is 13.0 Å². The fourth-order valence-corrected chi connectivity index (χ4v) is 2.76. The molecule has 0 radical (unpaired) electrons. The van der Waals surface area contributed by atoms with Gasteiger partial charge in [-0.05, 0) is 37.6 Å². The van der Waals surface area contributed by atoms with E-state index >= 15 is 0 Å². The number of hydrogen-bond acceptors (Lipinski definition) is 3. The number of benzene rings is 1. The number of amides is 1. The Bertz CT molecular complexity index is 442. The molecule has 0 spiro atoms. The second-order valence-corrected chi connectivity index (χ2v) is 5.68. The summed E-state index contributed by atoms with van der Waals surface area (Å²) in [6, 6.07) is 8.35. The van der Waals surface area contributed by atoms with Gasteiger partial charge in [0, 0.05) is 12.6 Å². The van der Waals surface area contributed by atoms with Gasteiger partial charge in [-0.1, -0.05) is 31.4 Å². The summed E-state index contributed by atoms with van der Waals surface area (Å²) in [6.07, 6.45) is 6.45. The topological polar surface area (TPSA) is 50.4 Å². The maximum absolute atomic E-state index is 11.9. The Morgan fingerprint density at radius 2 is 2.10 bits per heavy atom. The SMILES string of the molecule is CNCc1cccc(OCCC(=O)NC2CCCCC2)c1. The minimum absolute atomic E-state index is 0.105. The van der Waals surface area contributed by atoms with E-state index in [9.17, 15) is 4.79 Å². The summed E-state index contributed by atoms with van der Waals surface area (Å²) in [6.45, 7) is 1.25. The molecule has 1 aromatic carbocycles. The van der Waals surface area contributed by atoms with Crippen molar-refractivity contribution in [3.05, 3.63) is 29.8 Å². The number of rotatable bonds is 7. The molecule has 0 aliphatic heterocycles. The van der Waals surface area contributed by atoms with Gasteiger partial charge in [-0.3, -0.25) is 4.79 Å². The Hall–Kier alpha value is -1.55. The third-order valence-corrected chi connectivity index (χ3v) is 3.85. The Morgan fingerprint density at radius 3 is 2.86 bits per heavy atom. The summed E-state index contributed by atoms with van der Waals surface area (Å²) < 4.78 is 5.66. The number of carbonyl (C=O) groups excluding carboxylic acids is 1. The number of ether oxygens (including phenoxy) is 1. The largest absolute Gasteiger partial charge is 0.493 e. The molecule has 2 N–H and O–H groups in total. The molecule has 0 heterocycles. The van der Waals surface area contributed by atoms with Crippen LogP contribution in [0.1, 0.15) is 44.1 Å². The van der Waals surface area contributed by atoms with Crippen molar-refractivity contribution in [2.75, 3.05) is 13.7 Å². The average Bonchev–Trinajstić information content (AvgIpc) is 2.49. The number of nitrogens with one attached hydrogen (secondary N) is 2. The van der Waals surface area contributed by atoms with Crippen molar-refractivity contribution in [2.24, 2.45) is 0 Å². The maximum atomic E-state index is 11.9. The Labute approximate surface area is 127 Å². The molecule has 1 aliphatic rings. The minimum Gasteiger partial charge on any atom is -0.493 e. The zero-order valence-electron chi connectivity index (χ0n) is 12.9. The van der Waals surface area contributed by atoms with Crippen molar-refractivity contribution in [1.29, 1.82) is 0 Å². The van der Waals surface area contributed by atoms with Gasteiger partial charge in [-0.15, -0.1) is 0 Å². The smallest absolute Gasteiger partial charge is 0.223 e. The van der Waals surface area contributed by atoms with E-state index in [-0.39, 0.29) is 5.91 Å². The third kappa shape index (κ3) is 5.76. The zero-order valence-corrected chi connectivity index (χ0v) is 12.9. The van der Waals surface area contributed by atoms with Crippen LogP contribution in [0.3, 0.4) is 0 Å². The Balaban J connectivity index is 1.68. The van der Waals surface area contributed by atoms with Crippen molar-refractivity contribution in [2.45, 2.75) is 51.1 Å². The van der Waals surface area contributed by atoms with Crippen LogP contribution in [-0.2, 0) is 11.3 Å². The average molecular weight is 290 g/mol. The first-order valence-corrected chi connectivity index (χ1v) is 7.93. The molecule has 1 amide bonds. The summed E-state index contributed by atoms with van der Waals surface area (Å²) in [5.74, 6) is 0.932. The summed E-state index contributed by atoms with van der Waals surface area (Å²) in [5.41, 5.74) is 1.18. The van der Waals surface area contributed by atoms with E-state index in [1.165, 1.54) is 24.8 Å². The summed E-state index contributed by atoms with van der Waals surface area (Å²) in [5, 5.41) is 6.22. The normalized spacial score (nSPS) is 15.7. The Morgan fingerprint density at radius 1 is 1.29 bits per heavy atom. The lowest BCUT2D eigenvalue weighted by Crippen LogP contribution is -2.36. The summed E-state index contributed by atoms with van der Waals surface area (Å²) in [7, 11) is 1.92. The summed E-state index contributed by atoms with van der Waals surface area (Å²) in [4.78, 5) is 11.9. The van der Waals surface area contributed by atoms with Crippen molar-refractivity contribution in [3.8, 4) is 5.75 Å². The van der Waals surface area contributed by atoms with Gasteiger partial charge in [0.2, 0.25) is 5.91 Å². The molecule has 4 heteroatoms. The molecule has 0 atom stereocenters. The minimum atomic E-state index is 0.105. The van der Waals surface area contributed by atoms with Crippen LogP contribution in [-0.4, -0.2) is 25.6 Å². The highest BCUT2D eigenvalue weighted by Crippen LogP contribution is 2.17. The lowest BCUT2D eigenvalue weighted by Gasteiger charge is -2.22. The molecule has 1 saturated carbocycles. The Kier molecular flexibility index (Phi) is 6.54. The van der Waals surface area contributed by atoms with E-state index in [1.54, 1.807) is 0 Å². The van der Waals surface area contributed by atoms with Gasteiger partial charge in [0.25, 0.3) is 0 Å². The molecule has 0 bridgehead atoms. The number of carbonyl (C=O) groups is 1. The molecule has 1 aliphatic carbocycles. The van der Waals surface area contributed by atoms with Crippen LogP contribution in [0, 0.1) is 0 Å². The van der Waals surface area contributed by atoms with Crippen molar-refractivity contribution in [3.63, 3.8) is 0 Å². The first-order valence-electron chi connectivity index (χ1n) is 7.93. The van der Waals surface area contributed by atoms with Gasteiger partial charge in [-0.2, -0.15) is 0 Å². The van der Waals surface area contributed by atoms with Gasteiger partial charge in [0.15, 0.2) is 0 Å². The predicted octanol–water partition coefficient (Wildman–Crippen LogP) is 2.62. The van der Waals surface area contributed by atoms with Crippen molar-refractivity contribution in [1.82, 2.24) is 10.6 Å². The van der Waals surface area contributed by atoms with Crippen LogP contribution >= 0.6 is 0 Å². The van der Waals surface area contributed by atoms with E-state index < -0.39 is 0 Å². The standard InChI is InChI=1S/C17H26N2O2/c1-18-13-14-6-5-9-16(12-14)21-11-10-17(20)19-15-7-3-2-4-8-15/h5-6,9,12,15,18H,2-4,7-8,10-11,13H2,1H3,(H,19,20). The second-order valence-electron chi connectivity index (χ2n) is 5.68. The zero-order chi connectivity index (χ0) is 14.9. The third-order valence-electron chi connectivity index (χ3n) is 3.85. The van der Waals surface area contributed by atoms with Crippen LogP contribution < -0.4 is 15.4 Å².